The third kappa shape index (κ3) is 4.12. The number of pyridine rings is 2. The van der Waals surface area contributed by atoms with E-state index in [0.29, 0.717) is 23.4 Å². The molecule has 1 saturated carbocycles. The van der Waals surface area contributed by atoms with Gasteiger partial charge in [0, 0.05) is 23.2 Å². The number of aryl methyl sites for hydroxylation is 1. The molecule has 3 atom stereocenters. The number of nitrogens with one attached hydrogen (secondary N) is 1. The Morgan fingerprint density at radius 3 is 2.67 bits per heavy atom. The fourth-order valence-corrected chi connectivity index (χ4v) is 5.35. The fourth-order valence-electron chi connectivity index (χ4n) is 5.35. The topological polar surface area (TPSA) is 59.3 Å². The lowest BCUT2D eigenvalue weighted by molar-refractivity contribution is 0.0862. The summed E-state index contributed by atoms with van der Waals surface area (Å²) in [6.07, 6.45) is 5.24. The largest absolute Gasteiger partial charge is 0.348 e. The Hall–Kier alpha value is -3.21. The van der Waals surface area contributed by atoms with Crippen molar-refractivity contribution in [3.8, 4) is 11.3 Å². The number of fused-ring (bicyclic) bond motifs is 3. The quantitative estimate of drug-likeness (QED) is 0.420. The molecule has 1 aliphatic rings. The third-order valence-corrected chi connectivity index (χ3v) is 7.24. The van der Waals surface area contributed by atoms with Crippen LogP contribution in [0.25, 0.3) is 27.7 Å². The lowest BCUT2D eigenvalue weighted by Gasteiger charge is -2.37. The second-order valence-electron chi connectivity index (χ2n) is 10.1. The van der Waals surface area contributed by atoms with Gasteiger partial charge in [-0.1, -0.05) is 57.0 Å². The summed E-state index contributed by atoms with van der Waals surface area (Å²) in [6, 6.07) is 16.5. The molecular formula is C28H32N4O. The predicted molar refractivity (Wildman–Crippen MR) is 133 cm³/mol. The van der Waals surface area contributed by atoms with E-state index >= 15 is 0 Å². The average molecular weight is 441 g/mol. The second-order valence-corrected chi connectivity index (χ2v) is 10.1. The van der Waals surface area contributed by atoms with E-state index in [4.69, 9.17) is 5.10 Å². The fraction of sp³-hybridized carbons (Fsp3) is 0.393. The summed E-state index contributed by atoms with van der Waals surface area (Å²) in [6.45, 7) is 8.89. The zero-order valence-electron chi connectivity index (χ0n) is 19.9. The lowest BCUT2D eigenvalue weighted by Crippen LogP contribution is -2.45. The number of aromatic nitrogens is 3. The summed E-state index contributed by atoms with van der Waals surface area (Å²) in [4.78, 5) is 18.0. The molecule has 1 aromatic carbocycles. The normalized spacial score (nSPS) is 21.1. The molecule has 0 unspecified atom stereocenters. The maximum Gasteiger partial charge on any atom is 0.272 e. The van der Waals surface area contributed by atoms with Crippen LogP contribution < -0.4 is 5.32 Å². The van der Waals surface area contributed by atoms with Gasteiger partial charge in [0.2, 0.25) is 0 Å². The lowest BCUT2D eigenvalue weighted by atomic mass is 9.74. The first-order valence-corrected chi connectivity index (χ1v) is 12.1. The highest BCUT2D eigenvalue weighted by atomic mass is 16.2. The van der Waals surface area contributed by atoms with Crippen LogP contribution in [0.3, 0.4) is 0 Å². The second kappa shape index (κ2) is 8.62. The Morgan fingerprint density at radius 1 is 1.12 bits per heavy atom. The molecular weight excluding hydrogens is 408 g/mol. The van der Waals surface area contributed by atoms with Crippen LogP contribution in [0.5, 0.6) is 0 Å². The molecule has 0 saturated heterocycles. The van der Waals surface area contributed by atoms with Crippen LogP contribution in [0.2, 0.25) is 0 Å². The van der Waals surface area contributed by atoms with E-state index in [1.54, 1.807) is 6.20 Å². The van der Waals surface area contributed by atoms with Gasteiger partial charge in [0.05, 0.1) is 16.7 Å². The third-order valence-electron chi connectivity index (χ3n) is 7.24. The number of rotatable bonds is 4. The molecule has 0 radical (unpaired) electrons. The first kappa shape index (κ1) is 21.6. The van der Waals surface area contributed by atoms with Crippen LogP contribution in [0.4, 0.5) is 0 Å². The number of hydrogen-bond acceptors (Lipinski definition) is 3. The molecule has 5 nitrogen and oxygen atoms in total. The number of carbonyl (C=O) groups is 1. The first-order chi connectivity index (χ1) is 15.9. The van der Waals surface area contributed by atoms with Crippen molar-refractivity contribution in [2.75, 3.05) is 0 Å². The van der Waals surface area contributed by atoms with Gasteiger partial charge in [-0.15, -0.1) is 0 Å². The van der Waals surface area contributed by atoms with Crippen LogP contribution in [0.15, 0.2) is 54.7 Å². The molecule has 1 amide bonds. The van der Waals surface area contributed by atoms with Crippen molar-refractivity contribution < 1.29 is 4.79 Å². The van der Waals surface area contributed by atoms with E-state index in [9.17, 15) is 4.79 Å². The molecule has 0 spiro atoms. The van der Waals surface area contributed by atoms with Gasteiger partial charge in [-0.3, -0.25) is 9.78 Å². The number of amides is 1. The minimum atomic E-state index is -0.0876. The molecule has 3 aromatic heterocycles. The van der Waals surface area contributed by atoms with E-state index in [2.05, 4.69) is 68.3 Å². The minimum Gasteiger partial charge on any atom is -0.348 e. The molecule has 170 valence electrons. The Morgan fingerprint density at radius 2 is 1.91 bits per heavy atom. The van der Waals surface area contributed by atoms with E-state index in [1.165, 1.54) is 18.4 Å². The Kier molecular flexibility index (Phi) is 5.65. The molecule has 1 aliphatic carbocycles. The van der Waals surface area contributed by atoms with Crippen molar-refractivity contribution in [2.45, 2.75) is 53.0 Å². The molecule has 5 rings (SSSR count). The summed E-state index contributed by atoms with van der Waals surface area (Å²) in [5, 5.41) is 9.13. The first-order valence-electron chi connectivity index (χ1n) is 12.1. The monoisotopic (exact) mass is 440 g/mol. The van der Waals surface area contributed by atoms with Crippen molar-refractivity contribution in [3.05, 3.63) is 66.0 Å². The summed E-state index contributed by atoms with van der Waals surface area (Å²) in [7, 11) is 0. The number of hydrogen-bond donors (Lipinski definition) is 1. The Bertz CT molecular complexity index is 1300. The van der Waals surface area contributed by atoms with Gasteiger partial charge in [0.15, 0.2) is 5.69 Å². The van der Waals surface area contributed by atoms with Crippen LogP contribution >= 0.6 is 0 Å². The highest BCUT2D eigenvalue weighted by molar-refractivity contribution is 6.00. The van der Waals surface area contributed by atoms with Gasteiger partial charge < -0.3 is 5.32 Å². The molecule has 1 N–H and O–H groups in total. The number of nitrogens with zero attached hydrogens (tertiary/aromatic N) is 3. The maximum atomic E-state index is 13.4. The number of carbonyl (C=O) groups excluding carboxylic acids is 1. The standard InChI is InChI=1S/C28H32N4O/c1-17(2)21-12-9-19(4)14-24(21)30-28(33)25-16-27-22-6-5-13-29-23(22)15-26(32(27)31-25)20-10-7-18(3)8-11-20/h5-8,10-11,13,15-17,19,21,24H,9,12,14H2,1-4H3,(H,30,33)/t19-,21+,24-/m1/s1. The molecule has 4 aromatic rings. The van der Waals surface area contributed by atoms with E-state index in [-0.39, 0.29) is 11.9 Å². The summed E-state index contributed by atoms with van der Waals surface area (Å²) in [5.74, 6) is 1.60. The zero-order valence-corrected chi connectivity index (χ0v) is 19.9. The molecule has 0 bridgehead atoms. The average Bonchev–Trinajstić information content (AvgIpc) is 3.25. The molecule has 33 heavy (non-hydrogen) atoms. The molecule has 1 fully saturated rings. The number of benzene rings is 1. The Balaban J connectivity index is 1.57. The van der Waals surface area contributed by atoms with Crippen LogP contribution in [-0.2, 0) is 0 Å². The van der Waals surface area contributed by atoms with Gasteiger partial charge >= 0.3 is 0 Å². The summed E-state index contributed by atoms with van der Waals surface area (Å²) in [5.41, 5.74) is 5.44. The van der Waals surface area contributed by atoms with Gasteiger partial charge in [-0.05, 0) is 61.8 Å². The summed E-state index contributed by atoms with van der Waals surface area (Å²) < 4.78 is 1.90. The molecule has 3 heterocycles. The minimum absolute atomic E-state index is 0.0876. The smallest absolute Gasteiger partial charge is 0.272 e. The van der Waals surface area contributed by atoms with E-state index in [1.807, 2.05) is 22.7 Å². The van der Waals surface area contributed by atoms with Crippen molar-refractivity contribution in [1.29, 1.82) is 0 Å². The van der Waals surface area contributed by atoms with Crippen LogP contribution in [0.1, 0.15) is 56.1 Å². The van der Waals surface area contributed by atoms with Crippen molar-refractivity contribution in [2.24, 2.45) is 17.8 Å². The van der Waals surface area contributed by atoms with Crippen LogP contribution in [0, 0.1) is 24.7 Å². The SMILES string of the molecule is Cc1ccc(-c2cc3ncccc3c3cc(C(=O)N[C@@H]4C[C@H](C)CC[C@H]4C(C)C)nn23)cc1. The van der Waals surface area contributed by atoms with E-state index in [0.717, 1.165) is 34.1 Å². The van der Waals surface area contributed by atoms with Gasteiger partial charge in [-0.2, -0.15) is 5.10 Å². The predicted octanol–water partition coefficient (Wildman–Crippen LogP) is 6.05. The van der Waals surface area contributed by atoms with Crippen molar-refractivity contribution in [1.82, 2.24) is 19.9 Å². The van der Waals surface area contributed by atoms with Gasteiger partial charge in [-0.25, -0.2) is 4.52 Å². The van der Waals surface area contributed by atoms with Crippen molar-refractivity contribution >= 4 is 22.3 Å². The van der Waals surface area contributed by atoms with Gasteiger partial charge in [0.25, 0.3) is 5.91 Å². The Labute approximate surface area is 195 Å². The van der Waals surface area contributed by atoms with Crippen molar-refractivity contribution in [3.63, 3.8) is 0 Å². The van der Waals surface area contributed by atoms with Gasteiger partial charge in [0.1, 0.15) is 0 Å². The molecule has 5 heteroatoms. The highest BCUT2D eigenvalue weighted by Crippen LogP contribution is 2.34. The highest BCUT2D eigenvalue weighted by Gasteiger charge is 2.32. The maximum absolute atomic E-state index is 13.4. The molecule has 0 aliphatic heterocycles. The zero-order chi connectivity index (χ0) is 23.1. The summed E-state index contributed by atoms with van der Waals surface area (Å²) >= 11 is 0. The van der Waals surface area contributed by atoms with Crippen LogP contribution in [-0.4, -0.2) is 26.5 Å². The van der Waals surface area contributed by atoms with E-state index < -0.39 is 0 Å².